The van der Waals surface area contributed by atoms with Crippen LogP contribution in [0.15, 0.2) is 0 Å². The van der Waals surface area contributed by atoms with Crippen molar-refractivity contribution >= 4 is 11.9 Å². The molecule has 0 saturated heterocycles. The Hall–Kier alpha value is -1.26. The summed E-state index contributed by atoms with van der Waals surface area (Å²) in [6.45, 7) is 4.97. The molecule has 14 heavy (non-hydrogen) atoms. The van der Waals surface area contributed by atoms with Gasteiger partial charge in [0, 0.05) is 19.5 Å². The fourth-order valence-electron chi connectivity index (χ4n) is 1.10. The highest BCUT2D eigenvalue weighted by Crippen LogP contribution is 2.04. The molecule has 0 rings (SSSR count). The van der Waals surface area contributed by atoms with E-state index < -0.39 is 0 Å². The fourth-order valence-corrected chi connectivity index (χ4v) is 1.10. The molecule has 0 aromatic carbocycles. The van der Waals surface area contributed by atoms with Gasteiger partial charge in [-0.2, -0.15) is 0 Å². The van der Waals surface area contributed by atoms with Crippen molar-refractivity contribution in [2.75, 3.05) is 13.1 Å². The van der Waals surface area contributed by atoms with Gasteiger partial charge < -0.3 is 16.4 Å². The number of carbonyl (C=O) groups is 2. The highest BCUT2D eigenvalue weighted by Gasteiger charge is 2.06. The zero-order valence-corrected chi connectivity index (χ0v) is 8.80. The van der Waals surface area contributed by atoms with Gasteiger partial charge in [-0.1, -0.05) is 6.92 Å². The standard InChI is InChI=1S/C9H19N3O2/c1-3-11-9(14)12-5-4-7(2)6-8(10)13/h7H,3-6H2,1-2H3,(H2,10,13)(H2,11,12,14)/t7-/m0/s1. The Morgan fingerprint density at radius 3 is 2.50 bits per heavy atom. The minimum Gasteiger partial charge on any atom is -0.370 e. The Morgan fingerprint density at radius 1 is 1.36 bits per heavy atom. The molecule has 0 bridgehead atoms. The quantitative estimate of drug-likeness (QED) is 0.574. The number of hydrogen-bond acceptors (Lipinski definition) is 2. The van der Waals surface area contributed by atoms with Crippen molar-refractivity contribution in [3.05, 3.63) is 0 Å². The fraction of sp³-hybridized carbons (Fsp3) is 0.778. The Labute approximate surface area is 84.4 Å². The molecule has 1 atom stereocenters. The van der Waals surface area contributed by atoms with Crippen molar-refractivity contribution in [1.82, 2.24) is 10.6 Å². The molecule has 0 heterocycles. The molecule has 0 fully saturated rings. The normalized spacial score (nSPS) is 11.9. The molecule has 5 heteroatoms. The second kappa shape index (κ2) is 7.17. The molecule has 82 valence electrons. The molecule has 0 aromatic heterocycles. The summed E-state index contributed by atoms with van der Waals surface area (Å²) in [7, 11) is 0. The van der Waals surface area contributed by atoms with Crippen LogP contribution in [0.25, 0.3) is 0 Å². The molecule has 0 aliphatic heterocycles. The first kappa shape index (κ1) is 12.7. The van der Waals surface area contributed by atoms with Crippen molar-refractivity contribution in [3.8, 4) is 0 Å². The van der Waals surface area contributed by atoms with Crippen LogP contribution < -0.4 is 16.4 Å². The van der Waals surface area contributed by atoms with Crippen molar-refractivity contribution in [2.24, 2.45) is 11.7 Å². The number of primary amides is 1. The Balaban J connectivity index is 3.43. The lowest BCUT2D eigenvalue weighted by molar-refractivity contribution is -0.118. The summed E-state index contributed by atoms with van der Waals surface area (Å²) in [5.41, 5.74) is 5.03. The van der Waals surface area contributed by atoms with Crippen molar-refractivity contribution in [2.45, 2.75) is 26.7 Å². The van der Waals surface area contributed by atoms with Crippen molar-refractivity contribution in [1.29, 1.82) is 0 Å². The van der Waals surface area contributed by atoms with Crippen LogP contribution in [0.3, 0.4) is 0 Å². The van der Waals surface area contributed by atoms with Crippen LogP contribution in [-0.4, -0.2) is 25.0 Å². The van der Waals surface area contributed by atoms with Crippen LogP contribution in [0.5, 0.6) is 0 Å². The zero-order valence-electron chi connectivity index (χ0n) is 8.80. The largest absolute Gasteiger partial charge is 0.370 e. The summed E-state index contributed by atoms with van der Waals surface area (Å²) >= 11 is 0. The van der Waals surface area contributed by atoms with Crippen molar-refractivity contribution < 1.29 is 9.59 Å². The Morgan fingerprint density at radius 2 is 2.00 bits per heavy atom. The van der Waals surface area contributed by atoms with Crippen LogP contribution in [0.4, 0.5) is 4.79 Å². The highest BCUT2D eigenvalue weighted by atomic mass is 16.2. The molecule has 0 spiro atoms. The summed E-state index contributed by atoms with van der Waals surface area (Å²) in [6, 6.07) is -0.168. The Bertz CT molecular complexity index is 194. The topological polar surface area (TPSA) is 84.2 Å². The second-order valence-electron chi connectivity index (χ2n) is 3.35. The maximum atomic E-state index is 10.9. The van der Waals surface area contributed by atoms with Crippen molar-refractivity contribution in [3.63, 3.8) is 0 Å². The lowest BCUT2D eigenvalue weighted by Gasteiger charge is -2.10. The average Bonchev–Trinajstić information content (AvgIpc) is 2.02. The molecule has 5 nitrogen and oxygen atoms in total. The van der Waals surface area contributed by atoms with E-state index in [0.717, 1.165) is 6.42 Å². The molecule has 0 aliphatic carbocycles. The molecular weight excluding hydrogens is 182 g/mol. The van der Waals surface area contributed by atoms with Gasteiger partial charge in [0.15, 0.2) is 0 Å². The maximum absolute atomic E-state index is 10.9. The molecule has 0 saturated carbocycles. The predicted molar refractivity (Wildman–Crippen MR) is 54.7 cm³/mol. The van der Waals surface area contributed by atoms with E-state index >= 15 is 0 Å². The third-order valence-electron chi connectivity index (χ3n) is 1.81. The van der Waals surface area contributed by atoms with Gasteiger partial charge in [0.05, 0.1) is 0 Å². The average molecular weight is 201 g/mol. The first-order valence-corrected chi connectivity index (χ1v) is 4.86. The van der Waals surface area contributed by atoms with E-state index in [1.807, 2.05) is 13.8 Å². The number of carbonyl (C=O) groups excluding carboxylic acids is 2. The minimum absolute atomic E-state index is 0.168. The van der Waals surface area contributed by atoms with Gasteiger partial charge in [0.1, 0.15) is 0 Å². The van der Waals surface area contributed by atoms with E-state index in [1.165, 1.54) is 0 Å². The number of nitrogens with one attached hydrogen (secondary N) is 2. The number of nitrogens with two attached hydrogens (primary N) is 1. The van der Waals surface area contributed by atoms with Crippen LogP contribution in [-0.2, 0) is 4.79 Å². The van der Waals surface area contributed by atoms with E-state index in [-0.39, 0.29) is 17.9 Å². The number of amides is 3. The zero-order chi connectivity index (χ0) is 11.0. The summed E-state index contributed by atoms with van der Waals surface area (Å²) in [6.07, 6.45) is 1.14. The number of rotatable bonds is 6. The minimum atomic E-state index is -0.296. The summed E-state index contributed by atoms with van der Waals surface area (Å²) in [4.78, 5) is 21.5. The monoisotopic (exact) mass is 201 g/mol. The summed E-state index contributed by atoms with van der Waals surface area (Å²) in [5.74, 6) is -0.0788. The molecule has 3 amide bonds. The van der Waals surface area contributed by atoms with Gasteiger partial charge in [-0.05, 0) is 19.3 Å². The van der Waals surface area contributed by atoms with E-state index in [4.69, 9.17) is 5.73 Å². The lowest BCUT2D eigenvalue weighted by atomic mass is 10.0. The molecule has 0 aromatic rings. The number of urea groups is 1. The molecule has 0 radical (unpaired) electrons. The predicted octanol–water partition coefficient (Wildman–Crippen LogP) is 0.207. The van der Waals surface area contributed by atoms with Crippen LogP contribution >= 0.6 is 0 Å². The third kappa shape index (κ3) is 7.39. The van der Waals surface area contributed by atoms with Gasteiger partial charge in [-0.15, -0.1) is 0 Å². The first-order valence-electron chi connectivity index (χ1n) is 4.86. The highest BCUT2D eigenvalue weighted by molar-refractivity contribution is 5.74. The van der Waals surface area contributed by atoms with E-state index in [2.05, 4.69) is 10.6 Å². The lowest BCUT2D eigenvalue weighted by Crippen LogP contribution is -2.36. The molecule has 0 unspecified atom stereocenters. The van der Waals surface area contributed by atoms with E-state index in [1.54, 1.807) is 0 Å². The molecule has 0 aliphatic rings. The maximum Gasteiger partial charge on any atom is 0.314 e. The van der Waals surface area contributed by atoms with Gasteiger partial charge in [0.25, 0.3) is 0 Å². The number of hydrogen-bond donors (Lipinski definition) is 3. The SMILES string of the molecule is CCNC(=O)NCC[C@H](C)CC(N)=O. The van der Waals surface area contributed by atoms with Gasteiger partial charge >= 0.3 is 6.03 Å². The van der Waals surface area contributed by atoms with Crippen LogP contribution in [0.2, 0.25) is 0 Å². The van der Waals surface area contributed by atoms with Gasteiger partial charge in [-0.3, -0.25) is 4.79 Å². The third-order valence-corrected chi connectivity index (χ3v) is 1.81. The summed E-state index contributed by atoms with van der Waals surface area (Å²) < 4.78 is 0. The smallest absolute Gasteiger partial charge is 0.314 e. The Kier molecular flexibility index (Phi) is 6.53. The van der Waals surface area contributed by atoms with Gasteiger partial charge in [-0.25, -0.2) is 4.79 Å². The van der Waals surface area contributed by atoms with Gasteiger partial charge in [0.2, 0.25) is 5.91 Å². The van der Waals surface area contributed by atoms with E-state index in [9.17, 15) is 9.59 Å². The second-order valence-corrected chi connectivity index (χ2v) is 3.35. The molecule has 4 N–H and O–H groups in total. The van der Waals surface area contributed by atoms with Crippen LogP contribution in [0, 0.1) is 5.92 Å². The summed E-state index contributed by atoms with van der Waals surface area (Å²) in [5, 5.41) is 5.30. The molecular formula is C9H19N3O2. The van der Waals surface area contributed by atoms with E-state index in [0.29, 0.717) is 19.5 Å². The first-order chi connectivity index (χ1) is 6.56. The van der Waals surface area contributed by atoms with Crippen LogP contribution in [0.1, 0.15) is 26.7 Å².